The van der Waals surface area contributed by atoms with E-state index in [4.69, 9.17) is 5.11 Å². The first kappa shape index (κ1) is 14.1. The molecule has 0 aliphatic heterocycles. The molecule has 4 nitrogen and oxygen atoms in total. The molecule has 0 aromatic rings. The standard InChI is InChI=1S/C12H20O4Si/c1-7(17(2,3)4)11-9(12(15)16)5-8(13)6-10(11)14/h7,9,11H,5-6H2,1-4H3,(H,15,16). The topological polar surface area (TPSA) is 71.4 Å². The van der Waals surface area contributed by atoms with E-state index in [0.717, 1.165) is 0 Å². The fraction of sp³-hybridized carbons (Fsp3) is 0.750. The maximum Gasteiger partial charge on any atom is 0.307 e. The molecule has 0 amide bonds. The summed E-state index contributed by atoms with van der Waals surface area (Å²) in [4.78, 5) is 34.5. The van der Waals surface area contributed by atoms with Gasteiger partial charge in [0.2, 0.25) is 0 Å². The number of rotatable bonds is 3. The van der Waals surface area contributed by atoms with Crippen LogP contribution in [0.4, 0.5) is 0 Å². The summed E-state index contributed by atoms with van der Waals surface area (Å²) in [5.41, 5.74) is 0.0872. The Labute approximate surface area is 102 Å². The normalized spacial score (nSPS) is 28.0. The van der Waals surface area contributed by atoms with Crippen molar-refractivity contribution in [3.05, 3.63) is 0 Å². The lowest BCUT2D eigenvalue weighted by Crippen LogP contribution is -2.45. The molecule has 1 rings (SSSR count). The van der Waals surface area contributed by atoms with E-state index in [2.05, 4.69) is 19.6 Å². The minimum Gasteiger partial charge on any atom is -0.481 e. The number of ketones is 2. The van der Waals surface area contributed by atoms with Crippen LogP contribution in [0, 0.1) is 11.8 Å². The van der Waals surface area contributed by atoms with E-state index >= 15 is 0 Å². The van der Waals surface area contributed by atoms with Gasteiger partial charge in [0.05, 0.1) is 12.3 Å². The third-order valence-electron chi connectivity index (χ3n) is 3.85. The van der Waals surface area contributed by atoms with Crippen molar-refractivity contribution in [3.8, 4) is 0 Å². The molecule has 17 heavy (non-hydrogen) atoms. The fourth-order valence-electron chi connectivity index (χ4n) is 2.39. The average molecular weight is 256 g/mol. The van der Waals surface area contributed by atoms with Crippen molar-refractivity contribution >= 4 is 25.6 Å². The predicted molar refractivity (Wildman–Crippen MR) is 66.6 cm³/mol. The van der Waals surface area contributed by atoms with E-state index in [-0.39, 0.29) is 29.9 Å². The van der Waals surface area contributed by atoms with Gasteiger partial charge in [0.1, 0.15) is 11.6 Å². The first-order chi connectivity index (χ1) is 7.64. The van der Waals surface area contributed by atoms with Gasteiger partial charge in [-0.3, -0.25) is 14.4 Å². The molecule has 0 spiro atoms. The number of Topliss-reactive ketones (excluding diaryl/α,β-unsaturated/α-hetero) is 2. The lowest BCUT2D eigenvalue weighted by atomic mass is 9.76. The minimum absolute atomic E-state index is 0.0144. The van der Waals surface area contributed by atoms with Crippen LogP contribution in [0.25, 0.3) is 0 Å². The predicted octanol–water partition coefficient (Wildman–Crippen LogP) is 1.96. The summed E-state index contributed by atoms with van der Waals surface area (Å²) in [7, 11) is -1.59. The molecule has 1 fully saturated rings. The molecule has 0 aromatic carbocycles. The summed E-state index contributed by atoms with van der Waals surface area (Å²) in [5, 5.41) is 9.17. The van der Waals surface area contributed by atoms with Gasteiger partial charge in [-0.15, -0.1) is 0 Å². The van der Waals surface area contributed by atoms with Gasteiger partial charge in [-0.2, -0.15) is 0 Å². The summed E-state index contributed by atoms with van der Waals surface area (Å²) < 4.78 is 0. The second-order valence-corrected chi connectivity index (χ2v) is 11.7. The second kappa shape index (κ2) is 4.72. The van der Waals surface area contributed by atoms with Gasteiger partial charge in [0.15, 0.2) is 0 Å². The summed E-state index contributed by atoms with van der Waals surface area (Å²) in [6, 6.07) is 0. The number of carboxylic acids is 1. The zero-order valence-electron chi connectivity index (χ0n) is 10.8. The molecule has 1 saturated carbocycles. The molecule has 0 bridgehead atoms. The van der Waals surface area contributed by atoms with Gasteiger partial charge in [-0.05, 0) is 5.54 Å². The van der Waals surface area contributed by atoms with Crippen LogP contribution in [0.1, 0.15) is 19.8 Å². The van der Waals surface area contributed by atoms with Crippen LogP contribution in [0.2, 0.25) is 25.2 Å². The summed E-state index contributed by atoms with van der Waals surface area (Å²) >= 11 is 0. The molecule has 96 valence electrons. The van der Waals surface area contributed by atoms with Crippen LogP contribution in [-0.4, -0.2) is 30.7 Å². The highest BCUT2D eigenvalue weighted by Crippen LogP contribution is 2.39. The van der Waals surface area contributed by atoms with E-state index in [9.17, 15) is 14.4 Å². The van der Waals surface area contributed by atoms with Crippen LogP contribution < -0.4 is 0 Å². The van der Waals surface area contributed by atoms with Crippen LogP contribution in [0.3, 0.4) is 0 Å². The second-order valence-electron chi connectivity index (χ2n) is 6.01. The number of carbonyl (C=O) groups is 3. The number of hydrogen-bond donors (Lipinski definition) is 1. The van der Waals surface area contributed by atoms with Crippen LogP contribution in [0.5, 0.6) is 0 Å². The molecule has 0 aromatic heterocycles. The largest absolute Gasteiger partial charge is 0.481 e. The molecule has 0 radical (unpaired) electrons. The van der Waals surface area contributed by atoms with E-state index in [1.807, 2.05) is 6.92 Å². The SMILES string of the molecule is CC(C1C(=O)CC(=O)CC1C(=O)O)[Si](C)(C)C. The smallest absolute Gasteiger partial charge is 0.307 e. The number of carbonyl (C=O) groups excluding carboxylic acids is 2. The Bertz CT molecular complexity index is 356. The number of aliphatic carboxylic acids is 1. The third kappa shape index (κ3) is 3.03. The van der Waals surface area contributed by atoms with Gasteiger partial charge in [-0.25, -0.2) is 0 Å². The molecule has 0 saturated heterocycles. The number of hydrogen-bond acceptors (Lipinski definition) is 3. The van der Waals surface area contributed by atoms with Gasteiger partial charge < -0.3 is 5.11 Å². The van der Waals surface area contributed by atoms with Crippen LogP contribution in [0.15, 0.2) is 0 Å². The van der Waals surface area contributed by atoms with Crippen molar-refractivity contribution in [3.63, 3.8) is 0 Å². The minimum atomic E-state index is -1.59. The Morgan fingerprint density at radius 3 is 2.29 bits per heavy atom. The van der Waals surface area contributed by atoms with Gasteiger partial charge in [-0.1, -0.05) is 26.6 Å². The zero-order valence-corrected chi connectivity index (χ0v) is 11.8. The third-order valence-corrected chi connectivity index (χ3v) is 6.94. The van der Waals surface area contributed by atoms with Gasteiger partial charge in [0.25, 0.3) is 0 Å². The van der Waals surface area contributed by atoms with Crippen molar-refractivity contribution in [2.45, 2.75) is 44.9 Å². The van der Waals surface area contributed by atoms with E-state index in [1.54, 1.807) is 0 Å². The van der Waals surface area contributed by atoms with Crippen LogP contribution in [-0.2, 0) is 14.4 Å². The molecular weight excluding hydrogens is 236 g/mol. The van der Waals surface area contributed by atoms with E-state index in [0.29, 0.717) is 0 Å². The fourth-order valence-corrected chi connectivity index (χ4v) is 3.88. The molecule has 3 unspecified atom stereocenters. The van der Waals surface area contributed by atoms with Crippen molar-refractivity contribution in [1.82, 2.24) is 0 Å². The van der Waals surface area contributed by atoms with Crippen molar-refractivity contribution in [2.24, 2.45) is 11.8 Å². The highest BCUT2D eigenvalue weighted by atomic mass is 28.3. The summed E-state index contributed by atoms with van der Waals surface area (Å²) in [5.74, 6) is -2.71. The van der Waals surface area contributed by atoms with Gasteiger partial charge >= 0.3 is 5.97 Å². The number of carboxylic acid groups (broad SMARTS) is 1. The molecule has 1 N–H and O–H groups in total. The Kier molecular flexibility index (Phi) is 3.91. The Balaban J connectivity index is 3.04. The first-order valence-electron chi connectivity index (χ1n) is 5.91. The maximum atomic E-state index is 11.9. The average Bonchev–Trinajstić information content (AvgIpc) is 2.13. The van der Waals surface area contributed by atoms with Crippen molar-refractivity contribution in [1.29, 1.82) is 0 Å². The lowest BCUT2D eigenvalue weighted by Gasteiger charge is -2.37. The monoisotopic (exact) mass is 256 g/mol. The molecule has 1 aliphatic rings. The quantitative estimate of drug-likeness (QED) is 0.619. The van der Waals surface area contributed by atoms with Crippen molar-refractivity contribution < 1.29 is 19.5 Å². The first-order valence-corrected chi connectivity index (χ1v) is 9.49. The maximum absolute atomic E-state index is 11.9. The van der Waals surface area contributed by atoms with E-state index in [1.165, 1.54) is 0 Å². The molecule has 5 heteroatoms. The lowest BCUT2D eigenvalue weighted by molar-refractivity contribution is -0.152. The summed E-state index contributed by atoms with van der Waals surface area (Å²) in [6.07, 6.45) is -0.0656. The molecular formula is C12H20O4Si. The van der Waals surface area contributed by atoms with E-state index < -0.39 is 25.9 Å². The van der Waals surface area contributed by atoms with Crippen molar-refractivity contribution in [2.75, 3.05) is 0 Å². The summed E-state index contributed by atoms with van der Waals surface area (Å²) in [6.45, 7) is 8.33. The molecule has 3 atom stereocenters. The highest BCUT2D eigenvalue weighted by Gasteiger charge is 2.46. The Morgan fingerprint density at radius 1 is 1.35 bits per heavy atom. The zero-order chi connectivity index (χ0) is 13.4. The Morgan fingerprint density at radius 2 is 1.88 bits per heavy atom. The van der Waals surface area contributed by atoms with Crippen LogP contribution >= 0.6 is 0 Å². The Hall–Kier alpha value is -0.973. The van der Waals surface area contributed by atoms with Gasteiger partial charge in [0, 0.05) is 20.4 Å². The molecule has 1 aliphatic carbocycles. The molecule has 0 heterocycles. The highest BCUT2D eigenvalue weighted by molar-refractivity contribution is 6.77.